The fourth-order valence-corrected chi connectivity index (χ4v) is 1.63. The molecule has 2 aromatic heterocycles. The van der Waals surface area contributed by atoms with Crippen molar-refractivity contribution in [3.63, 3.8) is 0 Å². The number of aromatic nitrogens is 2. The summed E-state index contributed by atoms with van der Waals surface area (Å²) in [5, 5.41) is 8.71. The van der Waals surface area contributed by atoms with E-state index in [0.29, 0.717) is 10.2 Å². The second-order valence-electron chi connectivity index (χ2n) is 3.28. The van der Waals surface area contributed by atoms with Gasteiger partial charge in [-0.15, -0.1) is 0 Å². The summed E-state index contributed by atoms with van der Waals surface area (Å²) < 4.78 is 6.69. The number of furan rings is 1. The molecule has 0 saturated heterocycles. The Morgan fingerprint density at radius 1 is 1.59 bits per heavy atom. The zero-order valence-corrected chi connectivity index (χ0v) is 10.0. The average Bonchev–Trinajstić information content (AvgIpc) is 2.73. The summed E-state index contributed by atoms with van der Waals surface area (Å²) in [5.74, 6) is -0.691. The predicted molar refractivity (Wildman–Crippen MR) is 61.0 cm³/mol. The molecular formula is C10H7BrN2O4. The van der Waals surface area contributed by atoms with Crippen molar-refractivity contribution in [1.82, 2.24) is 9.55 Å². The van der Waals surface area contributed by atoms with E-state index < -0.39 is 5.97 Å². The fraction of sp³-hybridized carbons (Fsp3) is 0.100. The van der Waals surface area contributed by atoms with Crippen molar-refractivity contribution >= 4 is 21.9 Å². The highest BCUT2D eigenvalue weighted by molar-refractivity contribution is 9.10. The molecular weight excluding hydrogens is 292 g/mol. The van der Waals surface area contributed by atoms with Gasteiger partial charge in [0.1, 0.15) is 16.5 Å². The molecule has 0 saturated carbocycles. The zero-order chi connectivity index (χ0) is 12.4. The normalized spacial score (nSPS) is 10.4. The summed E-state index contributed by atoms with van der Waals surface area (Å²) in [6.07, 6.45) is 3.88. The van der Waals surface area contributed by atoms with E-state index in [0.717, 1.165) is 6.26 Å². The summed E-state index contributed by atoms with van der Waals surface area (Å²) >= 11 is 3.07. The van der Waals surface area contributed by atoms with Gasteiger partial charge in [-0.1, -0.05) is 0 Å². The third-order valence-electron chi connectivity index (χ3n) is 2.09. The van der Waals surface area contributed by atoms with Gasteiger partial charge in [0.2, 0.25) is 0 Å². The maximum absolute atomic E-state index is 11.6. The van der Waals surface area contributed by atoms with Crippen LogP contribution in [-0.2, 0) is 6.54 Å². The molecule has 7 heteroatoms. The van der Waals surface area contributed by atoms with Crippen molar-refractivity contribution in [2.24, 2.45) is 0 Å². The Kier molecular flexibility index (Phi) is 3.10. The van der Waals surface area contributed by atoms with Gasteiger partial charge in [-0.2, -0.15) is 0 Å². The summed E-state index contributed by atoms with van der Waals surface area (Å²) in [5.41, 5.74) is -0.204. The van der Waals surface area contributed by atoms with Gasteiger partial charge in [-0.05, 0) is 22.0 Å². The maximum atomic E-state index is 11.6. The molecule has 17 heavy (non-hydrogen) atoms. The van der Waals surface area contributed by atoms with E-state index in [2.05, 4.69) is 20.9 Å². The topological polar surface area (TPSA) is 85.3 Å². The largest absolute Gasteiger partial charge is 0.478 e. The van der Waals surface area contributed by atoms with Gasteiger partial charge in [0.15, 0.2) is 0 Å². The first-order valence-electron chi connectivity index (χ1n) is 4.58. The number of carboxylic acid groups (broad SMARTS) is 1. The number of hydrogen-bond acceptors (Lipinski definition) is 4. The minimum Gasteiger partial charge on any atom is -0.478 e. The molecule has 6 nitrogen and oxygen atoms in total. The monoisotopic (exact) mass is 298 g/mol. The zero-order valence-electron chi connectivity index (χ0n) is 8.46. The van der Waals surface area contributed by atoms with Crippen LogP contribution < -0.4 is 5.56 Å². The number of hydrogen-bond donors (Lipinski definition) is 1. The van der Waals surface area contributed by atoms with Gasteiger partial charge in [-0.3, -0.25) is 9.36 Å². The highest BCUT2D eigenvalue weighted by Crippen LogP contribution is 2.09. The van der Waals surface area contributed by atoms with Gasteiger partial charge in [0, 0.05) is 6.20 Å². The molecule has 0 unspecified atom stereocenters. The number of carboxylic acids is 1. The first-order chi connectivity index (χ1) is 8.08. The minimum absolute atomic E-state index is 0.0519. The van der Waals surface area contributed by atoms with Crippen LogP contribution in [0.1, 0.15) is 16.1 Å². The SMILES string of the molecule is O=C(O)c1coc(Cn2cncc(Br)c2=O)c1. The Bertz CT molecular complexity index is 617. The van der Waals surface area contributed by atoms with E-state index in [-0.39, 0.29) is 17.7 Å². The van der Waals surface area contributed by atoms with Crippen molar-refractivity contribution in [2.45, 2.75) is 6.54 Å². The summed E-state index contributed by atoms with van der Waals surface area (Å²) in [6.45, 7) is 0.137. The van der Waals surface area contributed by atoms with Crippen LogP contribution in [0.15, 0.2) is 38.5 Å². The third-order valence-corrected chi connectivity index (χ3v) is 2.63. The second kappa shape index (κ2) is 4.54. The summed E-state index contributed by atoms with van der Waals surface area (Å²) in [4.78, 5) is 26.1. The first kappa shape index (κ1) is 11.6. The molecule has 88 valence electrons. The predicted octanol–water partition coefficient (Wildman–Crippen LogP) is 1.35. The number of carbonyl (C=O) groups is 1. The van der Waals surface area contributed by atoms with Crippen LogP contribution in [0.25, 0.3) is 0 Å². The van der Waals surface area contributed by atoms with Crippen molar-refractivity contribution < 1.29 is 14.3 Å². The molecule has 0 atom stereocenters. The van der Waals surface area contributed by atoms with Gasteiger partial charge < -0.3 is 9.52 Å². The van der Waals surface area contributed by atoms with Crippen LogP contribution in [0.4, 0.5) is 0 Å². The number of halogens is 1. The van der Waals surface area contributed by atoms with E-state index in [9.17, 15) is 9.59 Å². The Hall–Kier alpha value is -1.89. The highest BCUT2D eigenvalue weighted by Gasteiger charge is 2.09. The summed E-state index contributed by atoms with van der Waals surface area (Å²) in [6, 6.07) is 1.37. The van der Waals surface area contributed by atoms with Crippen LogP contribution in [0.5, 0.6) is 0 Å². The molecule has 0 radical (unpaired) electrons. The van der Waals surface area contributed by atoms with Gasteiger partial charge in [0.05, 0.1) is 18.4 Å². The average molecular weight is 299 g/mol. The number of nitrogens with zero attached hydrogens (tertiary/aromatic N) is 2. The Balaban J connectivity index is 2.28. The second-order valence-corrected chi connectivity index (χ2v) is 4.14. The van der Waals surface area contributed by atoms with Gasteiger partial charge >= 0.3 is 5.97 Å². The lowest BCUT2D eigenvalue weighted by molar-refractivity contribution is 0.0696. The van der Waals surface area contributed by atoms with Crippen molar-refractivity contribution in [3.05, 3.63) is 51.0 Å². The quantitative estimate of drug-likeness (QED) is 0.924. The first-order valence-corrected chi connectivity index (χ1v) is 5.38. The van der Waals surface area contributed by atoms with E-state index in [1.807, 2.05) is 0 Å². The molecule has 0 aliphatic heterocycles. The van der Waals surface area contributed by atoms with Crippen molar-refractivity contribution in [2.75, 3.05) is 0 Å². The van der Waals surface area contributed by atoms with Crippen molar-refractivity contribution in [1.29, 1.82) is 0 Å². The molecule has 2 rings (SSSR count). The van der Waals surface area contributed by atoms with Gasteiger partial charge in [0.25, 0.3) is 5.56 Å². The highest BCUT2D eigenvalue weighted by atomic mass is 79.9. The van der Waals surface area contributed by atoms with Crippen LogP contribution in [-0.4, -0.2) is 20.6 Å². The molecule has 0 aliphatic rings. The van der Waals surface area contributed by atoms with E-state index >= 15 is 0 Å². The molecule has 0 fully saturated rings. The number of aromatic carboxylic acids is 1. The van der Waals surface area contributed by atoms with E-state index in [1.165, 1.54) is 23.2 Å². The van der Waals surface area contributed by atoms with Gasteiger partial charge in [-0.25, -0.2) is 9.78 Å². The molecule has 1 N–H and O–H groups in total. The standard InChI is InChI=1S/C10H7BrN2O4/c11-8-2-12-5-13(9(8)14)3-7-1-6(4-17-7)10(15)16/h1-2,4-5H,3H2,(H,15,16). The lowest BCUT2D eigenvalue weighted by Gasteiger charge is -2.01. The molecule has 2 heterocycles. The van der Waals surface area contributed by atoms with Crippen LogP contribution in [0.2, 0.25) is 0 Å². The van der Waals surface area contributed by atoms with E-state index in [1.54, 1.807) is 0 Å². The van der Waals surface area contributed by atoms with Crippen LogP contribution >= 0.6 is 15.9 Å². The maximum Gasteiger partial charge on any atom is 0.338 e. The fourth-order valence-electron chi connectivity index (χ4n) is 1.28. The molecule has 0 aliphatic carbocycles. The number of rotatable bonds is 3. The van der Waals surface area contributed by atoms with Crippen molar-refractivity contribution in [3.8, 4) is 0 Å². The lowest BCUT2D eigenvalue weighted by atomic mass is 10.3. The van der Waals surface area contributed by atoms with Crippen LogP contribution in [0.3, 0.4) is 0 Å². The minimum atomic E-state index is -1.07. The lowest BCUT2D eigenvalue weighted by Crippen LogP contribution is -2.20. The smallest absolute Gasteiger partial charge is 0.338 e. The van der Waals surface area contributed by atoms with E-state index in [4.69, 9.17) is 9.52 Å². The molecule has 0 amide bonds. The Labute approximate surface area is 104 Å². The Morgan fingerprint density at radius 2 is 2.35 bits per heavy atom. The Morgan fingerprint density at radius 3 is 3.00 bits per heavy atom. The molecule has 0 aromatic carbocycles. The molecule has 0 bridgehead atoms. The summed E-state index contributed by atoms with van der Waals surface area (Å²) in [7, 11) is 0. The molecule has 0 spiro atoms. The molecule has 2 aromatic rings. The van der Waals surface area contributed by atoms with Crippen LogP contribution in [0, 0.1) is 0 Å². The third kappa shape index (κ3) is 2.44.